The monoisotopic (exact) mass is 394 g/mol. The second-order valence-electron chi connectivity index (χ2n) is 7.77. The summed E-state index contributed by atoms with van der Waals surface area (Å²) in [6.07, 6.45) is 7.08. The number of hydrogen-bond donors (Lipinski definition) is 2. The van der Waals surface area contributed by atoms with Gasteiger partial charge in [0, 0.05) is 23.6 Å². The minimum Gasteiger partial charge on any atom is -0.349 e. The van der Waals surface area contributed by atoms with E-state index in [0.29, 0.717) is 11.8 Å². The molecule has 2 N–H and O–H groups in total. The van der Waals surface area contributed by atoms with Gasteiger partial charge < -0.3 is 10.3 Å². The van der Waals surface area contributed by atoms with Crippen LogP contribution in [0, 0.1) is 11.8 Å². The molecule has 3 unspecified atom stereocenters. The Morgan fingerprint density at radius 3 is 2.82 bits per heavy atom. The average molecular weight is 395 g/mol. The molecule has 146 valence electrons. The van der Waals surface area contributed by atoms with Crippen molar-refractivity contribution < 1.29 is 4.79 Å². The molecule has 6 heteroatoms. The SMILES string of the molecule is CC1CCCC(NC(=O)c2ccc(CSc3nc4ccncc4[nH]3)cc2)C1C. The number of rotatable bonds is 5. The summed E-state index contributed by atoms with van der Waals surface area (Å²) in [6, 6.07) is 10.1. The van der Waals surface area contributed by atoms with Crippen molar-refractivity contribution in [2.24, 2.45) is 11.8 Å². The number of carbonyl (C=O) groups excluding carboxylic acids is 1. The zero-order valence-corrected chi connectivity index (χ0v) is 17.1. The van der Waals surface area contributed by atoms with Crippen LogP contribution in [0.15, 0.2) is 47.9 Å². The largest absolute Gasteiger partial charge is 0.349 e. The Morgan fingerprint density at radius 2 is 2.04 bits per heavy atom. The molecule has 28 heavy (non-hydrogen) atoms. The van der Waals surface area contributed by atoms with E-state index < -0.39 is 0 Å². The quantitative estimate of drug-likeness (QED) is 0.610. The van der Waals surface area contributed by atoms with Crippen molar-refractivity contribution in [1.82, 2.24) is 20.3 Å². The number of amides is 1. The molecule has 1 aromatic carbocycles. The lowest BCUT2D eigenvalue weighted by atomic mass is 9.78. The summed E-state index contributed by atoms with van der Waals surface area (Å²) >= 11 is 1.65. The summed E-state index contributed by atoms with van der Waals surface area (Å²) < 4.78 is 0. The fourth-order valence-corrected chi connectivity index (χ4v) is 4.68. The molecule has 4 rings (SSSR count). The summed E-state index contributed by atoms with van der Waals surface area (Å²) in [5.41, 5.74) is 3.77. The highest BCUT2D eigenvalue weighted by Crippen LogP contribution is 2.29. The normalized spacial score (nSPS) is 22.3. The van der Waals surface area contributed by atoms with Crippen molar-refractivity contribution in [3.8, 4) is 0 Å². The number of benzene rings is 1. The lowest BCUT2D eigenvalue weighted by Crippen LogP contribution is -2.43. The van der Waals surface area contributed by atoms with Crippen molar-refractivity contribution in [2.45, 2.75) is 50.1 Å². The first-order chi connectivity index (χ1) is 13.6. The smallest absolute Gasteiger partial charge is 0.251 e. The Balaban J connectivity index is 1.34. The fourth-order valence-electron chi connectivity index (χ4n) is 3.84. The van der Waals surface area contributed by atoms with E-state index >= 15 is 0 Å². The van der Waals surface area contributed by atoms with Crippen LogP contribution in [0.1, 0.15) is 49.0 Å². The number of carbonyl (C=O) groups is 1. The first-order valence-corrected chi connectivity index (χ1v) is 10.9. The molecule has 0 bridgehead atoms. The van der Waals surface area contributed by atoms with Crippen LogP contribution in [0.25, 0.3) is 11.0 Å². The van der Waals surface area contributed by atoms with Crippen LogP contribution in [-0.2, 0) is 5.75 Å². The van der Waals surface area contributed by atoms with E-state index in [4.69, 9.17) is 0 Å². The minimum absolute atomic E-state index is 0.0370. The molecule has 0 aliphatic heterocycles. The average Bonchev–Trinajstić information content (AvgIpc) is 3.13. The van der Waals surface area contributed by atoms with Crippen molar-refractivity contribution in [3.05, 3.63) is 53.9 Å². The van der Waals surface area contributed by atoms with Gasteiger partial charge in [-0.25, -0.2) is 4.98 Å². The maximum Gasteiger partial charge on any atom is 0.251 e. The number of aromatic amines is 1. The molecular formula is C22H26N4OS. The summed E-state index contributed by atoms with van der Waals surface area (Å²) in [5, 5.41) is 4.12. The highest BCUT2D eigenvalue weighted by Gasteiger charge is 2.28. The van der Waals surface area contributed by atoms with E-state index in [1.165, 1.54) is 18.4 Å². The Kier molecular flexibility index (Phi) is 5.67. The summed E-state index contributed by atoms with van der Waals surface area (Å²) in [7, 11) is 0. The number of thioether (sulfide) groups is 1. The van der Waals surface area contributed by atoms with Crippen molar-refractivity contribution >= 4 is 28.7 Å². The number of hydrogen-bond acceptors (Lipinski definition) is 4. The maximum absolute atomic E-state index is 12.6. The van der Waals surface area contributed by atoms with Gasteiger partial charge in [-0.1, -0.05) is 50.6 Å². The van der Waals surface area contributed by atoms with Gasteiger partial charge in [0.1, 0.15) is 0 Å². The van der Waals surface area contributed by atoms with E-state index in [1.807, 2.05) is 30.3 Å². The summed E-state index contributed by atoms with van der Waals surface area (Å²) in [4.78, 5) is 24.5. The molecule has 0 saturated heterocycles. The first kappa shape index (κ1) is 19.0. The predicted octanol–water partition coefficient (Wildman–Crippen LogP) is 4.80. The molecular weight excluding hydrogens is 368 g/mol. The fraction of sp³-hybridized carbons (Fsp3) is 0.409. The van der Waals surface area contributed by atoms with Crippen LogP contribution < -0.4 is 5.32 Å². The molecule has 1 saturated carbocycles. The van der Waals surface area contributed by atoms with Crippen LogP contribution in [0.5, 0.6) is 0 Å². The predicted molar refractivity (Wildman–Crippen MR) is 113 cm³/mol. The highest BCUT2D eigenvalue weighted by molar-refractivity contribution is 7.98. The molecule has 1 aliphatic rings. The third-order valence-corrected chi connectivity index (χ3v) is 6.82. The van der Waals surface area contributed by atoms with Crippen LogP contribution >= 0.6 is 11.8 Å². The number of nitrogens with one attached hydrogen (secondary N) is 2. The molecule has 1 amide bonds. The summed E-state index contributed by atoms with van der Waals surface area (Å²) in [5.74, 6) is 2.04. The number of H-pyrrole nitrogens is 1. The third-order valence-electron chi connectivity index (χ3n) is 5.88. The molecule has 3 atom stereocenters. The Hall–Kier alpha value is -2.34. The van der Waals surface area contributed by atoms with Crippen LogP contribution in [-0.4, -0.2) is 26.9 Å². The number of nitrogens with zero attached hydrogens (tertiary/aromatic N) is 2. The van der Waals surface area contributed by atoms with Gasteiger partial charge in [-0.3, -0.25) is 9.78 Å². The van der Waals surface area contributed by atoms with Gasteiger partial charge in [0.2, 0.25) is 0 Å². The first-order valence-electron chi connectivity index (χ1n) is 9.92. The van der Waals surface area contributed by atoms with Crippen LogP contribution in [0.4, 0.5) is 0 Å². The highest BCUT2D eigenvalue weighted by atomic mass is 32.2. The van der Waals surface area contributed by atoms with Crippen molar-refractivity contribution in [2.75, 3.05) is 0 Å². The second kappa shape index (κ2) is 8.35. The Labute approximate surface area is 169 Å². The summed E-state index contributed by atoms with van der Waals surface area (Å²) in [6.45, 7) is 4.54. The van der Waals surface area contributed by atoms with Crippen molar-refractivity contribution in [3.63, 3.8) is 0 Å². The van der Waals surface area contributed by atoms with Gasteiger partial charge in [0.25, 0.3) is 5.91 Å². The second-order valence-corrected chi connectivity index (χ2v) is 8.73. The molecule has 2 aromatic heterocycles. The van der Waals surface area contributed by atoms with Crippen LogP contribution in [0.2, 0.25) is 0 Å². The van der Waals surface area contributed by atoms with Gasteiger partial charge in [0.05, 0.1) is 17.2 Å². The molecule has 1 fully saturated rings. The van der Waals surface area contributed by atoms with Gasteiger partial charge in [-0.05, 0) is 42.0 Å². The maximum atomic E-state index is 12.6. The lowest BCUT2D eigenvalue weighted by molar-refractivity contribution is 0.0891. The molecule has 5 nitrogen and oxygen atoms in total. The van der Waals surface area contributed by atoms with E-state index in [2.05, 4.69) is 34.1 Å². The van der Waals surface area contributed by atoms with Gasteiger partial charge in [-0.2, -0.15) is 0 Å². The van der Waals surface area contributed by atoms with Gasteiger partial charge in [0.15, 0.2) is 5.16 Å². The number of aromatic nitrogens is 3. The van der Waals surface area contributed by atoms with E-state index in [0.717, 1.165) is 33.9 Å². The van der Waals surface area contributed by atoms with E-state index in [1.54, 1.807) is 24.2 Å². The van der Waals surface area contributed by atoms with E-state index in [-0.39, 0.29) is 11.9 Å². The Bertz CT molecular complexity index is 920. The minimum atomic E-state index is 0.0370. The third kappa shape index (κ3) is 4.22. The van der Waals surface area contributed by atoms with Gasteiger partial charge in [-0.15, -0.1) is 0 Å². The van der Waals surface area contributed by atoms with Crippen molar-refractivity contribution in [1.29, 1.82) is 0 Å². The number of pyridine rings is 1. The number of fused-ring (bicyclic) bond motifs is 1. The van der Waals surface area contributed by atoms with Crippen LogP contribution in [0.3, 0.4) is 0 Å². The molecule has 2 heterocycles. The molecule has 0 spiro atoms. The number of imidazole rings is 1. The lowest BCUT2D eigenvalue weighted by Gasteiger charge is -2.34. The van der Waals surface area contributed by atoms with Gasteiger partial charge >= 0.3 is 0 Å². The zero-order valence-electron chi connectivity index (χ0n) is 16.3. The molecule has 3 aromatic rings. The molecule has 0 radical (unpaired) electrons. The standard InChI is InChI=1S/C22H26N4OS/c1-14-4-3-5-18(15(14)2)24-21(27)17-8-6-16(7-9-17)13-28-22-25-19-10-11-23-12-20(19)26-22/h6-12,14-15,18H,3-5,13H2,1-2H3,(H,24,27)(H,25,26). The van der Waals surface area contributed by atoms with E-state index in [9.17, 15) is 4.79 Å². The zero-order chi connectivity index (χ0) is 19.5. The Morgan fingerprint density at radius 1 is 1.21 bits per heavy atom. The molecule has 1 aliphatic carbocycles. The topological polar surface area (TPSA) is 70.7 Å².